The molecule has 1 aliphatic rings. The van der Waals surface area contributed by atoms with Crippen LogP contribution in [0.15, 0.2) is 27.8 Å². The number of nitrogens with one attached hydrogen (secondary N) is 1. The standard InChI is InChI=1S/C11H10BrClN2O/c1-6-2-10(16)7(3-9(6)13)11-8(12)4-14-5-15-11/h2-5,11,16H,1H3,(H,14,15). The van der Waals surface area contributed by atoms with Crippen molar-refractivity contribution in [2.24, 2.45) is 4.99 Å². The van der Waals surface area contributed by atoms with Crippen LogP contribution in [0.4, 0.5) is 0 Å². The van der Waals surface area contributed by atoms with E-state index in [1.165, 1.54) is 0 Å². The number of aryl methyl sites for hydroxylation is 1. The van der Waals surface area contributed by atoms with Gasteiger partial charge in [0.25, 0.3) is 0 Å². The van der Waals surface area contributed by atoms with E-state index in [2.05, 4.69) is 26.2 Å². The van der Waals surface area contributed by atoms with Crippen LogP contribution in [0.2, 0.25) is 5.02 Å². The second-order valence-corrected chi connectivity index (χ2v) is 4.86. The van der Waals surface area contributed by atoms with E-state index in [0.717, 1.165) is 10.0 Å². The normalized spacial score (nSPS) is 19.2. The fourth-order valence-corrected chi connectivity index (χ4v) is 2.18. The summed E-state index contributed by atoms with van der Waals surface area (Å²) in [5, 5.41) is 13.4. The average Bonchev–Trinajstić information content (AvgIpc) is 2.25. The molecule has 0 amide bonds. The topological polar surface area (TPSA) is 44.6 Å². The fraction of sp³-hybridized carbons (Fsp3) is 0.182. The van der Waals surface area contributed by atoms with Gasteiger partial charge in [-0.05, 0) is 24.6 Å². The van der Waals surface area contributed by atoms with Crippen LogP contribution in [0.1, 0.15) is 17.2 Å². The first-order chi connectivity index (χ1) is 7.59. The van der Waals surface area contributed by atoms with Crippen LogP contribution in [0.3, 0.4) is 0 Å². The number of nitrogens with zero attached hydrogens (tertiary/aromatic N) is 1. The lowest BCUT2D eigenvalue weighted by Crippen LogP contribution is -2.11. The molecule has 1 atom stereocenters. The molecule has 5 heteroatoms. The van der Waals surface area contributed by atoms with Crippen molar-refractivity contribution in [3.63, 3.8) is 0 Å². The van der Waals surface area contributed by atoms with Gasteiger partial charge in [-0.3, -0.25) is 4.99 Å². The van der Waals surface area contributed by atoms with Crippen LogP contribution in [0, 0.1) is 6.92 Å². The van der Waals surface area contributed by atoms with Crippen molar-refractivity contribution < 1.29 is 5.11 Å². The molecule has 2 N–H and O–H groups in total. The zero-order valence-electron chi connectivity index (χ0n) is 8.54. The summed E-state index contributed by atoms with van der Waals surface area (Å²) in [6, 6.07) is 3.16. The van der Waals surface area contributed by atoms with Crippen LogP contribution >= 0.6 is 27.5 Å². The molecular weight excluding hydrogens is 291 g/mol. The monoisotopic (exact) mass is 300 g/mol. The number of hydrogen-bond acceptors (Lipinski definition) is 3. The van der Waals surface area contributed by atoms with E-state index in [1.54, 1.807) is 24.7 Å². The van der Waals surface area contributed by atoms with Crippen LogP contribution in [0.5, 0.6) is 5.75 Å². The highest BCUT2D eigenvalue weighted by Crippen LogP contribution is 2.38. The van der Waals surface area contributed by atoms with Gasteiger partial charge in [-0.2, -0.15) is 0 Å². The highest BCUT2D eigenvalue weighted by Gasteiger charge is 2.20. The number of halogens is 2. The molecule has 0 aromatic heterocycles. The summed E-state index contributed by atoms with van der Waals surface area (Å²) in [6.07, 6.45) is 3.37. The number of aliphatic imine (C=N–C) groups is 1. The number of hydrogen-bond donors (Lipinski definition) is 2. The maximum absolute atomic E-state index is 9.88. The van der Waals surface area contributed by atoms with Crippen LogP contribution in [-0.2, 0) is 0 Å². The number of benzene rings is 1. The molecule has 2 rings (SSSR count). The van der Waals surface area contributed by atoms with Gasteiger partial charge in [0.15, 0.2) is 0 Å². The lowest BCUT2D eigenvalue weighted by molar-refractivity contribution is 0.465. The van der Waals surface area contributed by atoms with Crippen molar-refractivity contribution in [3.05, 3.63) is 39.0 Å². The third-order valence-corrected chi connectivity index (χ3v) is 3.45. The minimum Gasteiger partial charge on any atom is -0.508 e. The van der Waals surface area contributed by atoms with E-state index in [-0.39, 0.29) is 11.8 Å². The molecule has 3 nitrogen and oxygen atoms in total. The first-order valence-corrected chi connectivity index (χ1v) is 5.89. The third-order valence-electron chi connectivity index (χ3n) is 2.38. The Morgan fingerprint density at radius 3 is 2.94 bits per heavy atom. The lowest BCUT2D eigenvalue weighted by atomic mass is 10.0. The van der Waals surface area contributed by atoms with Gasteiger partial charge in [0.05, 0.1) is 6.34 Å². The SMILES string of the molecule is Cc1cc(O)c(C2N=CNC=C2Br)cc1Cl. The minimum absolute atomic E-state index is 0.205. The van der Waals surface area contributed by atoms with Gasteiger partial charge in [0, 0.05) is 21.3 Å². The minimum atomic E-state index is -0.237. The predicted octanol–water partition coefficient (Wildman–Crippen LogP) is 3.26. The molecule has 1 aromatic carbocycles. The summed E-state index contributed by atoms with van der Waals surface area (Å²) in [5.74, 6) is 0.205. The quantitative estimate of drug-likeness (QED) is 0.836. The highest BCUT2D eigenvalue weighted by molar-refractivity contribution is 9.11. The Hall–Kier alpha value is -1.00. The molecule has 1 aromatic rings. The Bertz CT molecular complexity index is 485. The van der Waals surface area contributed by atoms with Crippen molar-refractivity contribution >= 4 is 33.9 Å². The Labute approximate surface area is 107 Å². The van der Waals surface area contributed by atoms with Gasteiger partial charge in [0.1, 0.15) is 11.8 Å². The molecule has 1 aliphatic heterocycles. The molecule has 0 saturated carbocycles. The summed E-state index contributed by atoms with van der Waals surface area (Å²) in [7, 11) is 0. The summed E-state index contributed by atoms with van der Waals surface area (Å²) in [5.41, 5.74) is 1.54. The van der Waals surface area contributed by atoms with Gasteiger partial charge >= 0.3 is 0 Å². The van der Waals surface area contributed by atoms with Gasteiger partial charge in [-0.1, -0.05) is 27.5 Å². The van der Waals surface area contributed by atoms with Gasteiger partial charge in [0.2, 0.25) is 0 Å². The first-order valence-electron chi connectivity index (χ1n) is 4.72. The Kier molecular flexibility index (Phi) is 3.21. The smallest absolute Gasteiger partial charge is 0.121 e. The zero-order valence-corrected chi connectivity index (χ0v) is 10.9. The molecule has 0 saturated heterocycles. The van der Waals surface area contributed by atoms with Crippen molar-refractivity contribution in [1.82, 2.24) is 5.32 Å². The predicted molar refractivity (Wildman–Crippen MR) is 69.2 cm³/mol. The number of phenolic OH excluding ortho intramolecular Hbond substituents is 1. The van der Waals surface area contributed by atoms with E-state index in [9.17, 15) is 5.11 Å². The number of aromatic hydroxyl groups is 1. The van der Waals surface area contributed by atoms with Crippen LogP contribution in [-0.4, -0.2) is 11.4 Å². The van der Waals surface area contributed by atoms with Crippen molar-refractivity contribution in [3.8, 4) is 5.75 Å². The molecule has 84 valence electrons. The summed E-state index contributed by atoms with van der Waals surface area (Å²) in [4.78, 5) is 4.24. The Morgan fingerprint density at radius 2 is 2.25 bits per heavy atom. The number of rotatable bonds is 1. The van der Waals surface area contributed by atoms with Crippen molar-refractivity contribution in [2.75, 3.05) is 0 Å². The third kappa shape index (κ3) is 2.08. The molecule has 0 spiro atoms. The van der Waals surface area contributed by atoms with Gasteiger partial charge < -0.3 is 10.4 Å². The van der Waals surface area contributed by atoms with Crippen molar-refractivity contribution in [2.45, 2.75) is 13.0 Å². The van der Waals surface area contributed by atoms with E-state index in [0.29, 0.717) is 10.6 Å². The molecular formula is C11H10BrClN2O. The lowest BCUT2D eigenvalue weighted by Gasteiger charge is -2.17. The van der Waals surface area contributed by atoms with E-state index in [4.69, 9.17) is 11.6 Å². The maximum Gasteiger partial charge on any atom is 0.121 e. The summed E-state index contributed by atoms with van der Waals surface area (Å²) < 4.78 is 0.852. The zero-order chi connectivity index (χ0) is 11.7. The van der Waals surface area contributed by atoms with Gasteiger partial charge in [-0.25, -0.2) is 0 Å². The van der Waals surface area contributed by atoms with E-state index < -0.39 is 0 Å². The first kappa shape index (κ1) is 11.5. The maximum atomic E-state index is 9.88. The van der Waals surface area contributed by atoms with Gasteiger partial charge in [-0.15, -0.1) is 0 Å². The van der Waals surface area contributed by atoms with Crippen LogP contribution < -0.4 is 5.32 Å². The highest BCUT2D eigenvalue weighted by atomic mass is 79.9. The molecule has 0 fully saturated rings. The second kappa shape index (κ2) is 4.47. The van der Waals surface area contributed by atoms with Crippen LogP contribution in [0.25, 0.3) is 0 Å². The Balaban J connectivity index is 2.47. The average molecular weight is 302 g/mol. The van der Waals surface area contributed by atoms with Crippen molar-refractivity contribution in [1.29, 1.82) is 0 Å². The molecule has 0 aliphatic carbocycles. The summed E-state index contributed by atoms with van der Waals surface area (Å²) >= 11 is 9.44. The summed E-state index contributed by atoms with van der Waals surface area (Å²) in [6.45, 7) is 1.85. The largest absolute Gasteiger partial charge is 0.508 e. The molecule has 16 heavy (non-hydrogen) atoms. The number of phenols is 1. The van der Waals surface area contributed by atoms with E-state index >= 15 is 0 Å². The van der Waals surface area contributed by atoms with E-state index in [1.807, 2.05) is 6.92 Å². The molecule has 0 radical (unpaired) electrons. The second-order valence-electron chi connectivity index (χ2n) is 3.54. The molecule has 0 bridgehead atoms. The Morgan fingerprint density at radius 1 is 1.50 bits per heavy atom. The molecule has 1 unspecified atom stereocenters. The molecule has 1 heterocycles. The fourth-order valence-electron chi connectivity index (χ4n) is 1.51.